The van der Waals surface area contributed by atoms with Crippen molar-refractivity contribution in [2.24, 2.45) is 11.8 Å². The lowest BCUT2D eigenvalue weighted by molar-refractivity contribution is 0.0707. The summed E-state index contributed by atoms with van der Waals surface area (Å²) in [4.78, 5) is 14.4. The number of likely N-dealkylation sites (tertiary alicyclic amines) is 1. The van der Waals surface area contributed by atoms with E-state index in [4.69, 9.17) is 0 Å². The molecule has 0 spiro atoms. The van der Waals surface area contributed by atoms with Crippen LogP contribution in [-0.4, -0.2) is 41.6 Å². The number of carbonyl (C=O) groups is 1. The minimum absolute atomic E-state index is 0.0502. The number of phenolic OH excluding ortho intramolecular Hbond substituents is 1. The number of hydrogen-bond acceptors (Lipinski definition) is 3. The van der Waals surface area contributed by atoms with E-state index < -0.39 is 5.82 Å². The summed E-state index contributed by atoms with van der Waals surface area (Å²) in [6.07, 6.45) is 0.883. The molecule has 20 heavy (non-hydrogen) atoms. The van der Waals surface area contributed by atoms with Crippen LogP contribution in [-0.2, 0) is 0 Å². The summed E-state index contributed by atoms with van der Waals surface area (Å²) in [5, 5.41) is 12.6. The Bertz CT molecular complexity index is 535. The molecular formula is C15H19FN2O2. The van der Waals surface area contributed by atoms with Gasteiger partial charge in [-0.05, 0) is 30.4 Å². The van der Waals surface area contributed by atoms with Gasteiger partial charge in [0.1, 0.15) is 11.6 Å². The van der Waals surface area contributed by atoms with Gasteiger partial charge in [0.2, 0.25) is 0 Å². The number of hydrogen-bond donors (Lipinski definition) is 2. The number of halogens is 1. The Balaban J connectivity index is 1.86. The minimum atomic E-state index is -0.653. The molecule has 3 atom stereocenters. The van der Waals surface area contributed by atoms with E-state index in [9.17, 15) is 14.3 Å². The van der Waals surface area contributed by atoms with Gasteiger partial charge in [0.25, 0.3) is 5.91 Å². The lowest BCUT2D eigenvalue weighted by Crippen LogP contribution is -2.39. The molecule has 2 aliphatic rings. The molecule has 1 aromatic carbocycles. The molecule has 1 amide bonds. The molecule has 2 saturated heterocycles. The number of amides is 1. The van der Waals surface area contributed by atoms with E-state index in [-0.39, 0.29) is 23.3 Å². The maximum Gasteiger partial charge on any atom is 0.257 e. The van der Waals surface area contributed by atoms with Gasteiger partial charge in [-0.3, -0.25) is 4.79 Å². The molecule has 1 aromatic rings. The molecule has 2 fully saturated rings. The van der Waals surface area contributed by atoms with Gasteiger partial charge >= 0.3 is 0 Å². The van der Waals surface area contributed by atoms with Crippen LogP contribution in [0.2, 0.25) is 0 Å². The summed E-state index contributed by atoms with van der Waals surface area (Å²) >= 11 is 0. The summed E-state index contributed by atoms with van der Waals surface area (Å²) < 4.78 is 13.9. The first-order valence-corrected chi connectivity index (χ1v) is 7.12. The normalized spacial score (nSPS) is 28.7. The number of benzene rings is 1. The highest BCUT2D eigenvalue weighted by Crippen LogP contribution is 2.35. The van der Waals surface area contributed by atoms with E-state index in [1.54, 1.807) is 0 Å². The van der Waals surface area contributed by atoms with Gasteiger partial charge in [0.15, 0.2) is 0 Å². The highest BCUT2D eigenvalue weighted by Gasteiger charge is 2.45. The average molecular weight is 278 g/mol. The number of phenols is 1. The molecule has 3 rings (SSSR count). The first-order chi connectivity index (χ1) is 9.61. The Morgan fingerprint density at radius 3 is 3.00 bits per heavy atom. The van der Waals surface area contributed by atoms with Crippen molar-refractivity contribution in [2.45, 2.75) is 19.4 Å². The van der Waals surface area contributed by atoms with Crippen LogP contribution in [0.5, 0.6) is 5.75 Å². The number of rotatable bonds is 2. The molecule has 4 nitrogen and oxygen atoms in total. The predicted molar refractivity (Wildman–Crippen MR) is 73.0 cm³/mol. The van der Waals surface area contributed by atoms with E-state index in [0.29, 0.717) is 18.4 Å². The molecule has 0 aliphatic carbocycles. The minimum Gasteiger partial charge on any atom is -0.508 e. The molecule has 0 radical (unpaired) electrons. The molecule has 0 aromatic heterocycles. The van der Waals surface area contributed by atoms with Crippen molar-refractivity contribution in [2.75, 3.05) is 19.6 Å². The Morgan fingerprint density at radius 1 is 1.50 bits per heavy atom. The molecule has 3 unspecified atom stereocenters. The summed E-state index contributed by atoms with van der Waals surface area (Å²) in [5.41, 5.74) is 0.0502. The lowest BCUT2D eigenvalue weighted by Gasteiger charge is -2.27. The number of aromatic hydroxyl groups is 1. The quantitative estimate of drug-likeness (QED) is 0.864. The first kappa shape index (κ1) is 13.4. The third-order valence-corrected chi connectivity index (χ3v) is 4.58. The van der Waals surface area contributed by atoms with Gasteiger partial charge in [0, 0.05) is 31.7 Å². The summed E-state index contributed by atoms with van der Waals surface area (Å²) in [6.45, 7) is 4.63. The zero-order chi connectivity index (χ0) is 14.3. The molecule has 5 heteroatoms. The fourth-order valence-electron chi connectivity index (χ4n) is 3.61. The maximum absolute atomic E-state index is 13.9. The third kappa shape index (κ3) is 2.06. The highest BCUT2D eigenvalue weighted by atomic mass is 19.1. The monoisotopic (exact) mass is 278 g/mol. The molecular weight excluding hydrogens is 259 g/mol. The summed E-state index contributed by atoms with van der Waals surface area (Å²) in [6, 6.07) is 3.89. The van der Waals surface area contributed by atoms with Crippen molar-refractivity contribution in [3.8, 4) is 5.75 Å². The number of fused-ring (bicyclic) bond motifs is 1. The molecule has 2 aliphatic heterocycles. The van der Waals surface area contributed by atoms with E-state index in [1.165, 1.54) is 12.1 Å². The van der Waals surface area contributed by atoms with Gasteiger partial charge in [-0.15, -0.1) is 0 Å². The van der Waals surface area contributed by atoms with Crippen LogP contribution in [0.3, 0.4) is 0 Å². The summed E-state index contributed by atoms with van der Waals surface area (Å²) in [5.74, 6) is -0.120. The van der Waals surface area contributed by atoms with Gasteiger partial charge in [-0.1, -0.05) is 6.92 Å². The smallest absolute Gasteiger partial charge is 0.257 e. The lowest BCUT2D eigenvalue weighted by atomic mass is 9.93. The van der Waals surface area contributed by atoms with E-state index in [1.807, 2.05) is 4.90 Å². The van der Waals surface area contributed by atoms with Crippen LogP contribution in [0.25, 0.3) is 0 Å². The van der Waals surface area contributed by atoms with Crippen molar-refractivity contribution < 1.29 is 14.3 Å². The number of carbonyl (C=O) groups excluding carboxylic acids is 1. The van der Waals surface area contributed by atoms with Crippen molar-refractivity contribution in [1.82, 2.24) is 10.2 Å². The first-order valence-electron chi connectivity index (χ1n) is 7.12. The van der Waals surface area contributed by atoms with Crippen LogP contribution >= 0.6 is 0 Å². The Hall–Kier alpha value is -1.62. The standard InChI is InChI=1S/C15H19FN2O2/c1-2-14-12-7-17-6-9(12)8-18(14)15(20)11-4-3-10(19)5-13(11)16/h3-5,9,12,14,17,19H,2,6-8H2,1H3. The number of nitrogens with zero attached hydrogens (tertiary/aromatic N) is 1. The largest absolute Gasteiger partial charge is 0.508 e. The number of nitrogens with one attached hydrogen (secondary N) is 1. The average Bonchev–Trinajstić information content (AvgIpc) is 2.97. The molecule has 108 valence electrons. The third-order valence-electron chi connectivity index (χ3n) is 4.58. The Morgan fingerprint density at radius 2 is 2.30 bits per heavy atom. The van der Waals surface area contributed by atoms with E-state index in [2.05, 4.69) is 12.2 Å². The fourth-order valence-corrected chi connectivity index (χ4v) is 3.61. The molecule has 2 heterocycles. The van der Waals surface area contributed by atoms with Gasteiger partial charge < -0.3 is 15.3 Å². The summed E-state index contributed by atoms with van der Waals surface area (Å²) in [7, 11) is 0. The highest BCUT2D eigenvalue weighted by molar-refractivity contribution is 5.95. The van der Waals surface area contributed by atoms with Crippen LogP contribution in [0.1, 0.15) is 23.7 Å². The van der Waals surface area contributed by atoms with Crippen LogP contribution in [0, 0.1) is 17.7 Å². The second-order valence-corrected chi connectivity index (χ2v) is 5.68. The van der Waals surface area contributed by atoms with Crippen molar-refractivity contribution in [1.29, 1.82) is 0 Å². The van der Waals surface area contributed by atoms with Crippen molar-refractivity contribution >= 4 is 5.91 Å². The van der Waals surface area contributed by atoms with Gasteiger partial charge in [0.05, 0.1) is 5.56 Å². The van der Waals surface area contributed by atoms with Crippen LogP contribution in [0.15, 0.2) is 18.2 Å². The Kier molecular flexibility index (Phi) is 3.38. The SMILES string of the molecule is CCC1C2CNCC2CN1C(=O)c1ccc(O)cc1F. The second-order valence-electron chi connectivity index (χ2n) is 5.68. The van der Waals surface area contributed by atoms with Crippen molar-refractivity contribution in [3.05, 3.63) is 29.6 Å². The maximum atomic E-state index is 13.9. The fraction of sp³-hybridized carbons (Fsp3) is 0.533. The van der Waals surface area contributed by atoms with Gasteiger partial charge in [-0.25, -0.2) is 4.39 Å². The zero-order valence-electron chi connectivity index (χ0n) is 11.5. The van der Waals surface area contributed by atoms with E-state index in [0.717, 1.165) is 25.6 Å². The predicted octanol–water partition coefficient (Wildman–Crippen LogP) is 1.60. The van der Waals surface area contributed by atoms with Crippen LogP contribution < -0.4 is 5.32 Å². The van der Waals surface area contributed by atoms with Gasteiger partial charge in [-0.2, -0.15) is 0 Å². The molecule has 2 N–H and O–H groups in total. The van der Waals surface area contributed by atoms with Crippen molar-refractivity contribution in [3.63, 3.8) is 0 Å². The second kappa shape index (κ2) is 5.05. The molecule has 0 bridgehead atoms. The van der Waals surface area contributed by atoms with Crippen LogP contribution in [0.4, 0.5) is 4.39 Å². The topological polar surface area (TPSA) is 52.6 Å². The molecule has 0 saturated carbocycles. The Labute approximate surface area is 117 Å². The zero-order valence-corrected chi connectivity index (χ0v) is 11.5. The van der Waals surface area contributed by atoms with E-state index >= 15 is 0 Å².